The number of nitrogens with one attached hydrogen (secondary N) is 1. The molecule has 0 aliphatic carbocycles. The van der Waals surface area contributed by atoms with Gasteiger partial charge in [-0.05, 0) is 30.0 Å². The second-order valence-corrected chi connectivity index (χ2v) is 5.42. The lowest BCUT2D eigenvalue weighted by molar-refractivity contribution is -0.121. The number of phenolic OH excluding ortho intramolecular Hbond substituents is 1. The van der Waals surface area contributed by atoms with Gasteiger partial charge in [0.05, 0.1) is 7.11 Å². The number of amides is 1. The monoisotopic (exact) mass is 279 g/mol. The van der Waals surface area contributed by atoms with E-state index in [1.807, 2.05) is 0 Å². The van der Waals surface area contributed by atoms with E-state index in [4.69, 9.17) is 4.74 Å². The number of phenols is 1. The summed E-state index contributed by atoms with van der Waals surface area (Å²) in [5.41, 5.74) is 0.912. The smallest absolute Gasteiger partial charge is 0.220 e. The van der Waals surface area contributed by atoms with Crippen LogP contribution in [0.15, 0.2) is 18.2 Å². The summed E-state index contributed by atoms with van der Waals surface area (Å²) in [5, 5.41) is 12.4. The van der Waals surface area contributed by atoms with E-state index >= 15 is 0 Å². The highest BCUT2D eigenvalue weighted by molar-refractivity contribution is 5.75. The van der Waals surface area contributed by atoms with Crippen molar-refractivity contribution in [2.45, 2.75) is 46.1 Å². The third-order valence-corrected chi connectivity index (χ3v) is 3.17. The molecule has 0 aliphatic rings. The number of unbranched alkanes of at least 4 members (excludes halogenated alkanes) is 1. The normalized spacial score (nSPS) is 10.6. The Labute approximate surface area is 121 Å². The molecule has 0 aliphatic heterocycles. The summed E-state index contributed by atoms with van der Waals surface area (Å²) in [4.78, 5) is 11.7. The molecule has 0 bridgehead atoms. The minimum Gasteiger partial charge on any atom is -0.504 e. The van der Waals surface area contributed by atoms with Gasteiger partial charge in [-0.25, -0.2) is 0 Å². The van der Waals surface area contributed by atoms with Gasteiger partial charge in [0.15, 0.2) is 11.5 Å². The van der Waals surface area contributed by atoms with Crippen LogP contribution >= 0.6 is 0 Å². The largest absolute Gasteiger partial charge is 0.504 e. The predicted molar refractivity (Wildman–Crippen MR) is 79.8 cm³/mol. The number of hydrogen-bond acceptors (Lipinski definition) is 3. The zero-order valence-electron chi connectivity index (χ0n) is 12.6. The van der Waals surface area contributed by atoms with Crippen molar-refractivity contribution >= 4 is 5.91 Å². The topological polar surface area (TPSA) is 58.6 Å². The highest BCUT2D eigenvalue weighted by Crippen LogP contribution is 2.26. The van der Waals surface area contributed by atoms with Crippen LogP contribution in [-0.2, 0) is 11.3 Å². The van der Waals surface area contributed by atoms with Crippen molar-refractivity contribution in [2.75, 3.05) is 7.11 Å². The molecule has 2 N–H and O–H groups in total. The highest BCUT2D eigenvalue weighted by atomic mass is 16.5. The van der Waals surface area contributed by atoms with Gasteiger partial charge in [-0.2, -0.15) is 0 Å². The number of methoxy groups -OCH3 is 1. The lowest BCUT2D eigenvalue weighted by Crippen LogP contribution is -2.22. The lowest BCUT2D eigenvalue weighted by atomic mass is 10.1. The minimum absolute atomic E-state index is 0.0702. The molecule has 0 radical (unpaired) electrons. The fourth-order valence-electron chi connectivity index (χ4n) is 1.96. The van der Waals surface area contributed by atoms with Crippen molar-refractivity contribution < 1.29 is 14.6 Å². The third-order valence-electron chi connectivity index (χ3n) is 3.17. The van der Waals surface area contributed by atoms with Gasteiger partial charge in [0.2, 0.25) is 5.91 Å². The Morgan fingerprint density at radius 2 is 2.10 bits per heavy atom. The van der Waals surface area contributed by atoms with Crippen molar-refractivity contribution in [3.63, 3.8) is 0 Å². The zero-order chi connectivity index (χ0) is 15.0. The van der Waals surface area contributed by atoms with Crippen LogP contribution in [0.1, 0.15) is 45.1 Å². The summed E-state index contributed by atoms with van der Waals surface area (Å²) in [6.07, 6.45) is 3.77. The van der Waals surface area contributed by atoms with E-state index in [-0.39, 0.29) is 11.7 Å². The van der Waals surface area contributed by atoms with Gasteiger partial charge in [-0.3, -0.25) is 4.79 Å². The molecule has 0 saturated heterocycles. The van der Waals surface area contributed by atoms with E-state index in [9.17, 15) is 9.90 Å². The molecule has 0 fully saturated rings. The first-order valence-electron chi connectivity index (χ1n) is 7.15. The Kier molecular flexibility index (Phi) is 6.91. The van der Waals surface area contributed by atoms with E-state index in [1.165, 1.54) is 13.5 Å². The van der Waals surface area contributed by atoms with E-state index in [1.54, 1.807) is 18.2 Å². The molecular weight excluding hydrogens is 254 g/mol. The molecule has 1 rings (SSSR count). The average molecular weight is 279 g/mol. The Hall–Kier alpha value is -1.71. The maximum atomic E-state index is 11.7. The Balaban J connectivity index is 2.30. The van der Waals surface area contributed by atoms with Crippen LogP contribution in [-0.4, -0.2) is 18.1 Å². The summed E-state index contributed by atoms with van der Waals surface area (Å²) in [6, 6.07) is 5.08. The predicted octanol–water partition coefficient (Wildman–Crippen LogP) is 3.23. The van der Waals surface area contributed by atoms with E-state index in [2.05, 4.69) is 19.2 Å². The minimum atomic E-state index is 0.0702. The van der Waals surface area contributed by atoms with Gasteiger partial charge in [-0.15, -0.1) is 0 Å². The number of carbonyl (C=O) groups excluding carboxylic acids is 1. The first-order valence-corrected chi connectivity index (χ1v) is 7.15. The number of hydrogen-bond donors (Lipinski definition) is 2. The number of aromatic hydroxyl groups is 1. The van der Waals surface area contributed by atoms with Crippen molar-refractivity contribution in [1.82, 2.24) is 5.32 Å². The Morgan fingerprint density at radius 1 is 1.35 bits per heavy atom. The Morgan fingerprint density at radius 3 is 2.75 bits per heavy atom. The highest BCUT2D eigenvalue weighted by Gasteiger charge is 2.05. The van der Waals surface area contributed by atoms with Crippen molar-refractivity contribution in [3.8, 4) is 11.5 Å². The molecule has 1 aromatic rings. The summed E-state index contributed by atoms with van der Waals surface area (Å²) < 4.78 is 5.03. The summed E-state index contributed by atoms with van der Waals surface area (Å²) in [6.45, 7) is 4.84. The summed E-state index contributed by atoms with van der Waals surface area (Å²) >= 11 is 0. The molecule has 0 spiro atoms. The number of benzene rings is 1. The van der Waals surface area contributed by atoms with Crippen LogP contribution in [0.4, 0.5) is 0 Å². The molecule has 4 nitrogen and oxygen atoms in total. The molecule has 112 valence electrons. The van der Waals surface area contributed by atoms with Gasteiger partial charge < -0.3 is 15.2 Å². The van der Waals surface area contributed by atoms with Gasteiger partial charge >= 0.3 is 0 Å². The third kappa shape index (κ3) is 5.95. The molecule has 1 aromatic carbocycles. The van der Waals surface area contributed by atoms with Crippen molar-refractivity contribution in [2.24, 2.45) is 5.92 Å². The maximum Gasteiger partial charge on any atom is 0.220 e. The standard InChI is InChI=1S/C16H25NO3/c1-12(2)6-4-5-7-16(19)17-11-13-8-9-14(18)15(10-13)20-3/h8-10,12,18H,4-7,11H2,1-3H3,(H,17,19). The molecule has 4 heteroatoms. The van der Waals surface area contributed by atoms with Crippen LogP contribution in [0, 0.1) is 5.92 Å². The molecule has 0 atom stereocenters. The van der Waals surface area contributed by atoms with Crippen LogP contribution in [0.3, 0.4) is 0 Å². The second-order valence-electron chi connectivity index (χ2n) is 5.42. The van der Waals surface area contributed by atoms with E-state index in [0.29, 0.717) is 24.6 Å². The quantitative estimate of drug-likeness (QED) is 0.718. The number of ether oxygens (including phenoxy) is 1. The number of carbonyl (C=O) groups is 1. The zero-order valence-corrected chi connectivity index (χ0v) is 12.6. The molecule has 0 heterocycles. The van der Waals surface area contributed by atoms with Crippen LogP contribution in [0.5, 0.6) is 11.5 Å². The molecule has 1 amide bonds. The SMILES string of the molecule is COc1cc(CNC(=O)CCCCC(C)C)ccc1O. The first kappa shape index (κ1) is 16.3. The summed E-state index contributed by atoms with van der Waals surface area (Å²) in [7, 11) is 1.51. The van der Waals surface area contributed by atoms with Gasteiger partial charge in [-0.1, -0.05) is 32.8 Å². The molecule has 0 saturated carbocycles. The average Bonchev–Trinajstić information content (AvgIpc) is 2.42. The second kappa shape index (κ2) is 8.46. The molecule has 20 heavy (non-hydrogen) atoms. The fraction of sp³-hybridized carbons (Fsp3) is 0.562. The van der Waals surface area contributed by atoms with Gasteiger partial charge in [0, 0.05) is 13.0 Å². The molecular formula is C16H25NO3. The summed E-state index contributed by atoms with van der Waals surface area (Å²) in [5.74, 6) is 1.30. The lowest BCUT2D eigenvalue weighted by Gasteiger charge is -2.08. The molecule has 0 unspecified atom stereocenters. The van der Waals surface area contributed by atoms with E-state index < -0.39 is 0 Å². The van der Waals surface area contributed by atoms with E-state index in [0.717, 1.165) is 18.4 Å². The van der Waals surface area contributed by atoms with Crippen LogP contribution in [0.25, 0.3) is 0 Å². The van der Waals surface area contributed by atoms with Gasteiger partial charge in [0.1, 0.15) is 0 Å². The first-order chi connectivity index (χ1) is 9.52. The van der Waals surface area contributed by atoms with Crippen molar-refractivity contribution in [1.29, 1.82) is 0 Å². The van der Waals surface area contributed by atoms with Gasteiger partial charge in [0.25, 0.3) is 0 Å². The fourth-order valence-corrected chi connectivity index (χ4v) is 1.96. The molecule has 0 aromatic heterocycles. The Bertz CT molecular complexity index is 430. The number of rotatable bonds is 8. The van der Waals surface area contributed by atoms with Crippen LogP contribution < -0.4 is 10.1 Å². The van der Waals surface area contributed by atoms with Crippen LogP contribution in [0.2, 0.25) is 0 Å². The maximum absolute atomic E-state index is 11.7. The van der Waals surface area contributed by atoms with Crippen molar-refractivity contribution in [3.05, 3.63) is 23.8 Å².